The molecule has 0 aromatic heterocycles. The first kappa shape index (κ1) is 122. The van der Waals surface area contributed by atoms with Crippen molar-refractivity contribution in [3.05, 3.63) is 475 Å². The van der Waals surface area contributed by atoms with Gasteiger partial charge in [0, 0.05) is 6.42 Å². The number of amides is 5. The summed E-state index contributed by atoms with van der Waals surface area (Å²) < 4.78 is 48.6. The topological polar surface area (TPSA) is 286 Å². The van der Waals surface area contributed by atoms with Crippen LogP contribution in [0, 0.1) is 31.0 Å². The normalized spacial score (nSPS) is 13.8. The molecule has 28 heteroatoms. The fourth-order valence-electron chi connectivity index (χ4n) is 15.1. The monoisotopic (exact) mass is 2080 g/mol. The van der Waals surface area contributed by atoms with E-state index in [1.54, 1.807) is 24.3 Å². The standard InChI is InChI=1S/C26H22N2O4.C24H21NO4.C18H19NO.C17H17NO2.C16H16O3.C9H9NO2.C6H18NSi2.C2H2BrN.2CH4.Li/c1-27-16-23(20-12-14-22(15-13-20)31-17-19-8-4-2-5-9-19)25(29)28-24(18-32-26(28)30)21-10-6-3-7-11-21;26-23(25-22(17-29-24(25)27)20-9-5-2-6-10-20)15-18-11-13-21(14-12-18)28-16-19-7-3-1-4-8-19;1-3-16(13-19-2)17-9-11-18(12-10-17)20-14-15-7-5-4-6-8-15;1-18-11-16(12-19)15-7-9-17(10-8-15)20-13-14-5-3-2-4-6-14;17-16(18)11-8-13-6-9-15(10-7-13)19-12-14-4-2-1-3-5-14;11-9-10-8(6-12-9)7-4-2-1-3-5-7;1-8(2,3)7-9(4,5)6;3-1-2-4;;;/h2-15,23-24H,16-18H2;1-14,22H,15-17H2;4-12,16H,3,13-14H2,1H3;2-10,16,19H,11-13H2;1-7,9-10H,8,11-12H2,(H,17,18);1-5,8H,6H2,(H,10,11);1-6H3;1H2;2*1H4;/q;;;;;;-1;;;;+1/t23-,24+;22-;2*16-;;8-;;;;;/m1010.0...../s1. The minimum absolute atomic E-state index is 0. The van der Waals surface area contributed by atoms with Crippen LogP contribution < -0.4 is 47.9 Å². The molecule has 13 aromatic rings. The zero-order valence-corrected chi connectivity index (χ0v) is 87.3. The summed E-state index contributed by atoms with van der Waals surface area (Å²) in [5.41, 5.74) is 13.0. The molecule has 3 heterocycles. The van der Waals surface area contributed by atoms with Crippen LogP contribution in [0.1, 0.15) is 143 Å². The van der Waals surface area contributed by atoms with E-state index in [4.69, 9.17) is 72.6 Å². The molecule has 13 aromatic carbocycles. The van der Waals surface area contributed by atoms with Crippen molar-refractivity contribution in [1.29, 1.82) is 5.26 Å². The van der Waals surface area contributed by atoms with Crippen LogP contribution in [-0.4, -0.2) is 124 Å². The number of nitrogens with one attached hydrogen (secondary N) is 1. The molecule has 0 unspecified atom stereocenters. The van der Waals surface area contributed by atoms with Crippen LogP contribution in [0.5, 0.6) is 28.7 Å². The molecule has 16 rings (SSSR count). The molecular weight excluding hydrogens is 1950 g/mol. The second-order valence-corrected chi connectivity index (χ2v) is 45.6. The van der Waals surface area contributed by atoms with Gasteiger partial charge in [0.1, 0.15) is 99.6 Å². The third kappa shape index (κ3) is 44.0. The molecule has 764 valence electrons. The number of alkyl carbamates (subject to hydrolysis) is 1. The van der Waals surface area contributed by atoms with E-state index >= 15 is 0 Å². The summed E-state index contributed by atoms with van der Waals surface area (Å²) in [7, 11) is -2.21. The largest absolute Gasteiger partial charge is 1.00 e. The quantitative estimate of drug-likeness (QED) is 0.0146. The number of nitriles is 1. The first-order valence-electron chi connectivity index (χ1n) is 47.6. The van der Waals surface area contributed by atoms with Crippen molar-refractivity contribution >= 4 is 68.5 Å². The number of rotatable bonds is 34. The van der Waals surface area contributed by atoms with Gasteiger partial charge in [0.25, 0.3) is 0 Å². The zero-order valence-electron chi connectivity index (χ0n) is 83.7. The maximum absolute atomic E-state index is 13.4. The first-order chi connectivity index (χ1) is 70.3. The smallest absolute Gasteiger partial charge is 0.668 e. The fourth-order valence-corrected chi connectivity index (χ4v) is 23.2. The number of carbonyl (C=O) groups is 6. The molecule has 0 saturated carbocycles. The van der Waals surface area contributed by atoms with Crippen molar-refractivity contribution in [2.75, 3.05) is 51.4 Å². The van der Waals surface area contributed by atoms with Crippen LogP contribution >= 0.6 is 15.9 Å². The number of nitrogens with zero attached hydrogens (tertiary/aromatic N) is 7. The van der Waals surface area contributed by atoms with Gasteiger partial charge in [-0.05, 0) is 146 Å². The van der Waals surface area contributed by atoms with Gasteiger partial charge >= 0.3 is 43.1 Å². The number of ether oxygens (including phenoxy) is 8. The van der Waals surface area contributed by atoms with Crippen molar-refractivity contribution < 1.29 is 95.7 Å². The number of imide groups is 2. The molecule has 3 aliphatic rings. The molecule has 3 fully saturated rings. The first-order valence-corrected chi connectivity index (χ1v) is 55.7. The molecule has 0 spiro atoms. The average Bonchev–Trinajstić information content (AvgIpc) is 1.66. The van der Waals surface area contributed by atoms with Gasteiger partial charge in [-0.2, -0.15) is 5.26 Å². The van der Waals surface area contributed by atoms with Gasteiger partial charge in [-0.1, -0.05) is 397 Å². The summed E-state index contributed by atoms with van der Waals surface area (Å²) in [5.74, 6) is 1.80. The van der Waals surface area contributed by atoms with Crippen molar-refractivity contribution in [1.82, 2.24) is 15.1 Å². The number of hydrogen-bond donors (Lipinski definition) is 3. The third-order valence-electron chi connectivity index (χ3n) is 22.2. The van der Waals surface area contributed by atoms with Crippen LogP contribution in [0.3, 0.4) is 0 Å². The summed E-state index contributed by atoms with van der Waals surface area (Å²) in [6.45, 7) is 41.2. The Balaban J connectivity index is 0.000000268. The second kappa shape index (κ2) is 66.8. The number of aliphatic hydroxyl groups excluding tert-OH is 1. The maximum atomic E-state index is 13.4. The third-order valence-corrected chi connectivity index (χ3v) is 27.8. The van der Waals surface area contributed by atoms with Crippen LogP contribution in [-0.2, 0) is 74.5 Å². The Kier molecular flexibility index (Phi) is 54.9. The van der Waals surface area contributed by atoms with Crippen LogP contribution in [0.15, 0.2) is 364 Å². The summed E-state index contributed by atoms with van der Waals surface area (Å²) >= 11 is 2.89. The van der Waals surface area contributed by atoms with E-state index < -0.39 is 52.5 Å². The van der Waals surface area contributed by atoms with Gasteiger partial charge in [0.05, 0.1) is 42.3 Å². The minimum Gasteiger partial charge on any atom is -0.668 e. The Morgan fingerprint density at radius 3 is 1.04 bits per heavy atom. The summed E-state index contributed by atoms with van der Waals surface area (Å²) in [6, 6.07) is 117. The minimum atomic E-state index is -1.11. The Morgan fingerprint density at radius 2 is 0.736 bits per heavy atom. The van der Waals surface area contributed by atoms with Gasteiger partial charge in [-0.3, -0.25) is 14.4 Å². The Morgan fingerprint density at radius 1 is 0.432 bits per heavy atom. The SMILES string of the molecule is C.C.C[Si](C)(C)[N-][Si](C)(C)C.N#CCBr.O=C(Cc1ccc(OCc2ccccc2)cc1)N1C(=O)OC[C@H]1c1ccccc1.O=C(O)CCc1ccc(OCc2ccccc2)cc1.O=C1N[C@H](c2ccccc2)CO1.[C-]#[N+]C[C@@H](C(=O)N1C(=O)OC[C@H]1c1ccccc1)c1ccc(OCc2ccccc2)cc1.[C-]#[N+]C[C@@H](CC)c1ccc(OCc2ccccc2)cc1.[C-]#[N+]C[C@@H](CO)c1ccc(OCc2ccccc2)cc1.[Li+]. The molecule has 0 bridgehead atoms. The van der Waals surface area contributed by atoms with Gasteiger partial charge in [0.2, 0.25) is 31.4 Å². The van der Waals surface area contributed by atoms with Gasteiger partial charge < -0.3 is 72.6 Å². The number of aliphatic hydroxyl groups is 1. The summed E-state index contributed by atoms with van der Waals surface area (Å²) in [5, 5.41) is 28.6. The number of aliphatic carboxylic acids is 1. The van der Waals surface area contributed by atoms with Crippen molar-refractivity contribution in [2.24, 2.45) is 0 Å². The second-order valence-electron chi connectivity index (χ2n) is 35.4. The van der Waals surface area contributed by atoms with E-state index in [9.17, 15) is 33.9 Å². The van der Waals surface area contributed by atoms with Gasteiger partial charge in [-0.15, -0.1) is 0 Å². The number of halogens is 1. The molecule has 5 amide bonds. The van der Waals surface area contributed by atoms with E-state index in [1.807, 2.05) is 322 Å². The number of cyclic esters (lactones) is 3. The Bertz CT molecular complexity index is 6100. The van der Waals surface area contributed by atoms with Gasteiger partial charge in [0.15, 0.2) is 0 Å². The number of carboxylic acid groups (broad SMARTS) is 1. The summed E-state index contributed by atoms with van der Waals surface area (Å²) in [6.07, 6.45) is 0.222. The van der Waals surface area contributed by atoms with Crippen LogP contribution in [0.4, 0.5) is 14.4 Å². The predicted molar refractivity (Wildman–Crippen MR) is 587 cm³/mol. The molecule has 148 heavy (non-hydrogen) atoms. The molecule has 3 saturated heterocycles. The molecule has 0 radical (unpaired) electrons. The number of benzene rings is 13. The number of hydrogen-bond acceptors (Lipinski definition) is 16. The fraction of sp³-hybridized carbons (Fsp3) is 0.267. The van der Waals surface area contributed by atoms with Crippen LogP contribution in [0.25, 0.3) is 19.2 Å². The molecule has 6 atom stereocenters. The molecule has 24 nitrogen and oxygen atoms in total. The van der Waals surface area contributed by atoms with Crippen molar-refractivity contribution in [3.63, 3.8) is 0 Å². The average molecular weight is 2090 g/mol. The Hall–Kier alpha value is -15.1. The van der Waals surface area contributed by atoms with E-state index in [1.165, 1.54) is 10.5 Å². The van der Waals surface area contributed by atoms with Crippen molar-refractivity contribution in [3.8, 4) is 34.8 Å². The van der Waals surface area contributed by atoms with E-state index in [-0.39, 0.29) is 103 Å². The molecule has 3 N–H and O–H groups in total. The maximum Gasteiger partial charge on any atom is 1.00 e. The molecular formula is C120H132BrLiN8O16Si2. The van der Waals surface area contributed by atoms with E-state index in [0.717, 1.165) is 95.5 Å². The van der Waals surface area contributed by atoms with E-state index in [2.05, 4.69) is 106 Å². The number of carbonyl (C=O) groups excluding carboxylic acids is 5. The van der Waals surface area contributed by atoms with Crippen LogP contribution in [0.2, 0.25) is 39.3 Å². The summed E-state index contributed by atoms with van der Waals surface area (Å²) in [4.78, 5) is 84.5. The predicted octanol–water partition coefficient (Wildman–Crippen LogP) is 24.4. The number of aryl methyl sites for hydroxylation is 1. The number of alkyl halides is 1. The van der Waals surface area contributed by atoms with E-state index in [0.29, 0.717) is 81.7 Å². The number of carboxylic acids is 1. The molecule has 3 aliphatic heterocycles. The van der Waals surface area contributed by atoms with Crippen molar-refractivity contribution in [2.45, 2.75) is 156 Å². The zero-order chi connectivity index (χ0) is 104. The Labute approximate surface area is 895 Å². The molecule has 0 aliphatic carbocycles. The van der Waals surface area contributed by atoms with Gasteiger partial charge in [-0.25, -0.2) is 43.9 Å².